The number of allylic oxidation sites excluding steroid dienone is 7. The third kappa shape index (κ3) is 5.43. The molecule has 100 valence electrons. The molecule has 0 heterocycles. The lowest BCUT2D eigenvalue weighted by Crippen LogP contribution is -1.89. The Morgan fingerprint density at radius 3 is 2.42 bits per heavy atom. The Morgan fingerprint density at radius 2 is 1.84 bits per heavy atom. The van der Waals surface area contributed by atoms with Crippen LogP contribution in [0.1, 0.15) is 32.3 Å². The molecular weight excluding hydrogens is 230 g/mol. The molecule has 0 radical (unpaired) electrons. The van der Waals surface area contributed by atoms with Gasteiger partial charge >= 0.3 is 0 Å². The summed E-state index contributed by atoms with van der Waals surface area (Å²) in [6.45, 7) is 8.24. The minimum Gasteiger partial charge on any atom is -0.399 e. The van der Waals surface area contributed by atoms with Crippen LogP contribution < -0.4 is 5.73 Å². The van der Waals surface area contributed by atoms with E-state index in [2.05, 4.69) is 37.8 Å². The predicted octanol–water partition coefficient (Wildman–Crippen LogP) is 5.14. The van der Waals surface area contributed by atoms with E-state index in [1.54, 1.807) is 0 Å². The number of rotatable bonds is 6. The standard InChI is InChI=1S/C18H23N/c1-4-6-7-8-9-17(14-15(3)5-2)16-10-12-18(19)13-11-16/h4,6-13H,3,5,14,19H2,1-2H3/b6-4+,8-7-,17-9+. The molecule has 0 fully saturated rings. The van der Waals surface area contributed by atoms with Gasteiger partial charge in [-0.2, -0.15) is 0 Å². The number of hydrogen-bond acceptors (Lipinski definition) is 1. The van der Waals surface area contributed by atoms with E-state index in [0.29, 0.717) is 0 Å². The molecule has 1 rings (SSSR count). The van der Waals surface area contributed by atoms with E-state index in [1.165, 1.54) is 16.7 Å². The van der Waals surface area contributed by atoms with Crippen molar-refractivity contribution >= 4 is 11.3 Å². The van der Waals surface area contributed by atoms with Gasteiger partial charge < -0.3 is 5.73 Å². The zero-order valence-corrected chi connectivity index (χ0v) is 11.9. The van der Waals surface area contributed by atoms with Crippen LogP contribution in [-0.4, -0.2) is 0 Å². The van der Waals surface area contributed by atoms with E-state index in [9.17, 15) is 0 Å². The van der Waals surface area contributed by atoms with Crippen LogP contribution in [0, 0.1) is 0 Å². The first-order valence-corrected chi connectivity index (χ1v) is 6.68. The van der Waals surface area contributed by atoms with Crippen molar-refractivity contribution in [2.24, 2.45) is 0 Å². The van der Waals surface area contributed by atoms with Gasteiger partial charge in [0.15, 0.2) is 0 Å². The topological polar surface area (TPSA) is 26.0 Å². The SMILES string of the molecule is C=C(CC)C\C(=C/C=C\C=C\C)c1ccc(N)cc1. The lowest BCUT2D eigenvalue weighted by molar-refractivity contribution is 1.05. The van der Waals surface area contributed by atoms with Gasteiger partial charge in [0.25, 0.3) is 0 Å². The van der Waals surface area contributed by atoms with E-state index in [1.807, 2.05) is 37.3 Å². The second-order valence-electron chi connectivity index (χ2n) is 4.50. The molecule has 0 unspecified atom stereocenters. The molecule has 0 atom stereocenters. The summed E-state index contributed by atoms with van der Waals surface area (Å²) >= 11 is 0. The van der Waals surface area contributed by atoms with Crippen molar-refractivity contribution in [2.75, 3.05) is 5.73 Å². The molecule has 2 N–H and O–H groups in total. The average Bonchev–Trinajstić information content (AvgIpc) is 2.43. The summed E-state index contributed by atoms with van der Waals surface area (Å²) in [6, 6.07) is 8.00. The highest BCUT2D eigenvalue weighted by Gasteiger charge is 2.02. The van der Waals surface area contributed by atoms with E-state index >= 15 is 0 Å². The van der Waals surface area contributed by atoms with Gasteiger partial charge in [0.2, 0.25) is 0 Å². The van der Waals surface area contributed by atoms with Gasteiger partial charge in [-0.1, -0.05) is 61.6 Å². The first-order chi connectivity index (χ1) is 9.17. The summed E-state index contributed by atoms with van der Waals surface area (Å²) in [5.41, 5.74) is 10.2. The molecule has 0 aliphatic rings. The van der Waals surface area contributed by atoms with Crippen molar-refractivity contribution in [1.29, 1.82) is 0 Å². The molecule has 0 aromatic heterocycles. The Kier molecular flexibility index (Phi) is 6.45. The zero-order valence-electron chi connectivity index (χ0n) is 11.9. The largest absolute Gasteiger partial charge is 0.399 e. The molecule has 1 aromatic rings. The van der Waals surface area contributed by atoms with E-state index < -0.39 is 0 Å². The van der Waals surface area contributed by atoms with Gasteiger partial charge in [-0.15, -0.1) is 0 Å². The predicted molar refractivity (Wildman–Crippen MR) is 86.8 cm³/mol. The molecule has 0 saturated heterocycles. The second kappa shape index (κ2) is 8.15. The van der Waals surface area contributed by atoms with Crippen molar-refractivity contribution in [2.45, 2.75) is 26.7 Å². The van der Waals surface area contributed by atoms with Gasteiger partial charge in [-0.25, -0.2) is 0 Å². The summed E-state index contributed by atoms with van der Waals surface area (Å²) in [5.74, 6) is 0. The molecular formula is C18H23N. The fourth-order valence-corrected chi connectivity index (χ4v) is 1.70. The summed E-state index contributed by atoms with van der Waals surface area (Å²) in [7, 11) is 0. The van der Waals surface area contributed by atoms with E-state index in [-0.39, 0.29) is 0 Å². The highest BCUT2D eigenvalue weighted by molar-refractivity contribution is 5.70. The Balaban J connectivity index is 2.97. The van der Waals surface area contributed by atoms with E-state index in [4.69, 9.17) is 5.73 Å². The number of benzene rings is 1. The molecule has 1 nitrogen and oxygen atoms in total. The average molecular weight is 253 g/mol. The Hall–Kier alpha value is -2.02. The minimum atomic E-state index is 0.793. The molecule has 0 saturated carbocycles. The number of hydrogen-bond donors (Lipinski definition) is 1. The Morgan fingerprint density at radius 1 is 1.16 bits per heavy atom. The minimum absolute atomic E-state index is 0.793. The van der Waals surface area contributed by atoms with Crippen LogP contribution in [0.5, 0.6) is 0 Å². The molecule has 0 bridgehead atoms. The molecule has 0 spiro atoms. The molecule has 1 aromatic carbocycles. The van der Waals surface area contributed by atoms with Gasteiger partial charge in [-0.3, -0.25) is 0 Å². The van der Waals surface area contributed by atoms with Crippen LogP contribution in [-0.2, 0) is 0 Å². The third-order valence-corrected chi connectivity index (χ3v) is 2.93. The molecule has 1 heteroatoms. The quantitative estimate of drug-likeness (QED) is 0.424. The molecule has 0 aliphatic heterocycles. The number of nitrogen functional groups attached to an aromatic ring is 1. The fourth-order valence-electron chi connectivity index (χ4n) is 1.70. The van der Waals surface area contributed by atoms with Crippen LogP contribution in [0.15, 0.2) is 66.8 Å². The van der Waals surface area contributed by atoms with Crippen molar-refractivity contribution < 1.29 is 0 Å². The van der Waals surface area contributed by atoms with Crippen LogP contribution in [0.2, 0.25) is 0 Å². The summed E-state index contributed by atoms with van der Waals surface area (Å²) in [6.07, 6.45) is 12.2. The summed E-state index contributed by atoms with van der Waals surface area (Å²) < 4.78 is 0. The Labute approximate surface area is 116 Å². The van der Waals surface area contributed by atoms with Crippen molar-refractivity contribution in [3.8, 4) is 0 Å². The fraction of sp³-hybridized carbons (Fsp3) is 0.222. The molecule has 19 heavy (non-hydrogen) atoms. The lowest BCUT2D eigenvalue weighted by Gasteiger charge is -2.09. The van der Waals surface area contributed by atoms with Gasteiger partial charge in [-0.05, 0) is 43.0 Å². The van der Waals surface area contributed by atoms with Crippen LogP contribution in [0.4, 0.5) is 5.69 Å². The van der Waals surface area contributed by atoms with Gasteiger partial charge in [0.05, 0.1) is 0 Å². The summed E-state index contributed by atoms with van der Waals surface area (Å²) in [4.78, 5) is 0. The number of anilines is 1. The maximum Gasteiger partial charge on any atom is 0.0314 e. The highest BCUT2D eigenvalue weighted by atomic mass is 14.5. The highest BCUT2D eigenvalue weighted by Crippen LogP contribution is 2.24. The summed E-state index contributed by atoms with van der Waals surface area (Å²) in [5, 5.41) is 0. The molecule has 0 aliphatic carbocycles. The first kappa shape index (κ1) is 15.0. The maximum atomic E-state index is 5.73. The zero-order chi connectivity index (χ0) is 14.1. The van der Waals surface area contributed by atoms with Crippen molar-refractivity contribution in [1.82, 2.24) is 0 Å². The van der Waals surface area contributed by atoms with Crippen LogP contribution in [0.3, 0.4) is 0 Å². The van der Waals surface area contributed by atoms with E-state index in [0.717, 1.165) is 18.5 Å². The molecule has 0 amide bonds. The lowest BCUT2D eigenvalue weighted by atomic mass is 9.97. The number of nitrogens with two attached hydrogens (primary N) is 1. The van der Waals surface area contributed by atoms with Gasteiger partial charge in [0, 0.05) is 5.69 Å². The monoisotopic (exact) mass is 253 g/mol. The third-order valence-electron chi connectivity index (χ3n) is 2.93. The Bertz CT molecular complexity index is 487. The second-order valence-corrected chi connectivity index (χ2v) is 4.50. The normalized spacial score (nSPS) is 12.4. The van der Waals surface area contributed by atoms with Crippen molar-refractivity contribution in [3.63, 3.8) is 0 Å². The van der Waals surface area contributed by atoms with Crippen LogP contribution >= 0.6 is 0 Å². The van der Waals surface area contributed by atoms with Crippen molar-refractivity contribution in [3.05, 3.63) is 72.4 Å². The smallest absolute Gasteiger partial charge is 0.0314 e. The van der Waals surface area contributed by atoms with Gasteiger partial charge in [0.1, 0.15) is 0 Å². The maximum absolute atomic E-state index is 5.73. The van der Waals surface area contributed by atoms with Crippen LogP contribution in [0.25, 0.3) is 5.57 Å². The first-order valence-electron chi connectivity index (χ1n) is 6.68.